The lowest BCUT2D eigenvalue weighted by Crippen LogP contribution is -2.68. The SMILES string of the molecule is CCCO[C@@H]1O[C@H](C(=O)O)[C@@H](O[C@@H]2O[C@H](COS(=O)(=O)O)[C@H](O)[C@H](O)[C@H]2NC(C)=O)[C@H](O)[C@H]1OS(=O)(=O)O. The number of nitrogens with one attached hydrogen (secondary N) is 1. The van der Waals surface area contributed by atoms with Crippen LogP contribution in [0.3, 0.4) is 0 Å². The Morgan fingerprint density at radius 1 is 0.921 bits per heavy atom. The van der Waals surface area contributed by atoms with Gasteiger partial charge in [-0.05, 0) is 6.42 Å². The molecule has 222 valence electrons. The zero-order chi connectivity index (χ0) is 29.0. The minimum Gasteiger partial charge on any atom is -0.479 e. The van der Waals surface area contributed by atoms with Crippen molar-refractivity contribution in [2.45, 2.75) is 81.6 Å². The summed E-state index contributed by atoms with van der Waals surface area (Å²) >= 11 is 0. The van der Waals surface area contributed by atoms with E-state index >= 15 is 0 Å². The first-order valence-corrected chi connectivity index (χ1v) is 13.6. The van der Waals surface area contributed by atoms with E-state index in [2.05, 4.69) is 13.7 Å². The highest BCUT2D eigenvalue weighted by molar-refractivity contribution is 7.81. The number of rotatable bonds is 12. The molecule has 2 aliphatic rings. The monoisotopic (exact) mass is 599 g/mol. The van der Waals surface area contributed by atoms with Gasteiger partial charge in [-0.1, -0.05) is 6.92 Å². The molecule has 2 heterocycles. The fraction of sp³-hybridized carbons (Fsp3) is 0.882. The van der Waals surface area contributed by atoms with Gasteiger partial charge in [0.05, 0.1) is 6.61 Å². The quantitative estimate of drug-likeness (QED) is 0.105. The summed E-state index contributed by atoms with van der Waals surface area (Å²) in [5.41, 5.74) is 0. The maximum Gasteiger partial charge on any atom is 0.397 e. The molecule has 0 saturated carbocycles. The lowest BCUT2D eigenvalue weighted by atomic mass is 9.95. The molecule has 0 bridgehead atoms. The van der Waals surface area contributed by atoms with Gasteiger partial charge < -0.3 is 44.7 Å². The van der Waals surface area contributed by atoms with Crippen molar-refractivity contribution in [1.82, 2.24) is 5.32 Å². The Morgan fingerprint density at radius 3 is 2.05 bits per heavy atom. The molecule has 7 N–H and O–H groups in total. The molecule has 0 aromatic heterocycles. The largest absolute Gasteiger partial charge is 0.479 e. The highest BCUT2D eigenvalue weighted by Gasteiger charge is 2.55. The molecule has 0 unspecified atom stereocenters. The number of carboxylic acids is 1. The summed E-state index contributed by atoms with van der Waals surface area (Å²) in [6.45, 7) is 1.44. The standard InChI is InChI=1S/C17H29NO18S2/c1-3-4-31-17-13(36-38(28,29)30)11(22)12(14(35-17)15(23)24)34-16-8(18-6(2)19)10(21)9(20)7(33-16)5-32-37(25,26)27/h7-14,16-17,20-22H,3-5H2,1-2H3,(H,18,19)(H,23,24)(H,25,26,27)(H,28,29,30)/t7-,8-,9+,10-,11+,12+,13-,14+,16+,17-/m1/s1. The van der Waals surface area contributed by atoms with Gasteiger partial charge in [0.1, 0.15) is 36.6 Å². The van der Waals surface area contributed by atoms with Crippen molar-refractivity contribution >= 4 is 32.7 Å². The van der Waals surface area contributed by atoms with Crippen LogP contribution in [0.25, 0.3) is 0 Å². The normalized spacial score (nSPS) is 36.5. The van der Waals surface area contributed by atoms with Gasteiger partial charge in [-0.25, -0.2) is 13.2 Å². The number of aliphatic hydroxyl groups excluding tert-OH is 3. The summed E-state index contributed by atoms with van der Waals surface area (Å²) in [4.78, 5) is 23.6. The molecule has 19 nitrogen and oxygen atoms in total. The van der Waals surface area contributed by atoms with Gasteiger partial charge in [0.15, 0.2) is 24.8 Å². The first-order chi connectivity index (χ1) is 17.4. The second-order valence-corrected chi connectivity index (χ2v) is 10.3. The average Bonchev–Trinajstić information content (AvgIpc) is 2.77. The van der Waals surface area contributed by atoms with Crippen molar-refractivity contribution in [3.8, 4) is 0 Å². The molecule has 2 aliphatic heterocycles. The van der Waals surface area contributed by atoms with Crippen LogP contribution in [0.15, 0.2) is 0 Å². The van der Waals surface area contributed by atoms with Crippen LogP contribution in [0.4, 0.5) is 0 Å². The Hall–Kier alpha value is -1.60. The Morgan fingerprint density at radius 2 is 1.55 bits per heavy atom. The zero-order valence-electron chi connectivity index (χ0n) is 19.8. The average molecular weight is 600 g/mol. The molecule has 0 radical (unpaired) electrons. The number of hydrogen-bond acceptors (Lipinski definition) is 15. The molecule has 2 rings (SSSR count). The molecule has 2 saturated heterocycles. The van der Waals surface area contributed by atoms with E-state index in [-0.39, 0.29) is 6.61 Å². The molecule has 0 aromatic carbocycles. The van der Waals surface area contributed by atoms with Gasteiger partial charge in [-0.2, -0.15) is 16.8 Å². The summed E-state index contributed by atoms with van der Waals surface area (Å²) in [6.07, 6.45) is -17.7. The summed E-state index contributed by atoms with van der Waals surface area (Å²) < 4.78 is 92.3. The van der Waals surface area contributed by atoms with Crippen molar-refractivity contribution in [3.63, 3.8) is 0 Å². The van der Waals surface area contributed by atoms with Crippen molar-refractivity contribution in [2.75, 3.05) is 13.2 Å². The second kappa shape index (κ2) is 13.2. The van der Waals surface area contributed by atoms with Gasteiger partial charge >= 0.3 is 26.8 Å². The van der Waals surface area contributed by atoms with E-state index < -0.39 is 101 Å². The molecule has 2 fully saturated rings. The van der Waals surface area contributed by atoms with Crippen LogP contribution >= 0.6 is 0 Å². The van der Waals surface area contributed by atoms with Gasteiger partial charge in [-0.3, -0.25) is 13.9 Å². The van der Waals surface area contributed by atoms with Crippen molar-refractivity contribution in [3.05, 3.63) is 0 Å². The van der Waals surface area contributed by atoms with Gasteiger partial charge in [0.2, 0.25) is 5.91 Å². The van der Waals surface area contributed by atoms with Crippen LogP contribution < -0.4 is 5.32 Å². The molecule has 0 aliphatic carbocycles. The Bertz CT molecular complexity index is 1040. The van der Waals surface area contributed by atoms with Crippen molar-refractivity contribution in [2.24, 2.45) is 0 Å². The smallest absolute Gasteiger partial charge is 0.397 e. The predicted octanol–water partition coefficient (Wildman–Crippen LogP) is -4.07. The molecule has 10 atom stereocenters. The van der Waals surface area contributed by atoms with E-state index in [1.807, 2.05) is 0 Å². The van der Waals surface area contributed by atoms with Gasteiger partial charge in [0.25, 0.3) is 0 Å². The molecule has 38 heavy (non-hydrogen) atoms. The van der Waals surface area contributed by atoms with E-state index in [0.717, 1.165) is 6.92 Å². The van der Waals surface area contributed by atoms with Crippen molar-refractivity contribution in [1.29, 1.82) is 0 Å². The van der Waals surface area contributed by atoms with Crippen LogP contribution in [0.5, 0.6) is 0 Å². The van der Waals surface area contributed by atoms with E-state index in [0.29, 0.717) is 6.42 Å². The van der Waals surface area contributed by atoms with Crippen molar-refractivity contribution < 1.29 is 83.3 Å². The summed E-state index contributed by atoms with van der Waals surface area (Å²) in [5, 5.41) is 43.5. The topological polar surface area (TPSA) is 291 Å². The second-order valence-electron chi connectivity index (χ2n) is 8.18. The number of hydrogen-bond donors (Lipinski definition) is 7. The summed E-state index contributed by atoms with van der Waals surface area (Å²) in [5.74, 6) is -2.56. The third-order valence-electron chi connectivity index (χ3n) is 5.23. The number of carbonyl (C=O) groups is 2. The summed E-state index contributed by atoms with van der Waals surface area (Å²) in [7, 11) is -10.3. The fourth-order valence-corrected chi connectivity index (χ4v) is 4.46. The number of amides is 1. The third-order valence-corrected chi connectivity index (χ3v) is 6.13. The van der Waals surface area contributed by atoms with Gasteiger partial charge in [0, 0.05) is 13.5 Å². The van der Waals surface area contributed by atoms with Crippen LogP contribution in [-0.2, 0) is 57.7 Å². The third kappa shape index (κ3) is 8.97. The van der Waals surface area contributed by atoms with Crippen LogP contribution in [0.1, 0.15) is 20.3 Å². The molecular weight excluding hydrogens is 570 g/mol. The van der Waals surface area contributed by atoms with E-state index in [1.54, 1.807) is 6.92 Å². The maximum absolute atomic E-state index is 11.9. The fourth-order valence-electron chi connectivity index (χ4n) is 3.67. The number of aliphatic hydroxyl groups is 3. The molecule has 21 heteroatoms. The molecule has 1 amide bonds. The number of aliphatic carboxylic acids is 1. The summed E-state index contributed by atoms with van der Waals surface area (Å²) in [6, 6.07) is -1.68. The number of carboxylic acid groups (broad SMARTS) is 1. The Labute approximate surface area is 216 Å². The number of carbonyl (C=O) groups excluding carboxylic acids is 1. The predicted molar refractivity (Wildman–Crippen MR) is 116 cm³/mol. The van der Waals surface area contributed by atoms with E-state index in [9.17, 15) is 46.9 Å². The Kier molecular flexibility index (Phi) is 11.3. The van der Waals surface area contributed by atoms with E-state index in [1.165, 1.54) is 0 Å². The van der Waals surface area contributed by atoms with E-state index in [4.69, 9.17) is 28.1 Å². The number of ether oxygens (including phenoxy) is 4. The Balaban J connectivity index is 2.42. The van der Waals surface area contributed by atoms with Crippen LogP contribution in [0.2, 0.25) is 0 Å². The maximum atomic E-state index is 11.9. The highest BCUT2D eigenvalue weighted by atomic mass is 32.3. The molecule has 0 spiro atoms. The van der Waals surface area contributed by atoms with Crippen LogP contribution in [0, 0.1) is 0 Å². The van der Waals surface area contributed by atoms with Crippen LogP contribution in [-0.4, -0.2) is 133 Å². The first kappa shape index (κ1) is 32.6. The lowest BCUT2D eigenvalue weighted by Gasteiger charge is -2.46. The zero-order valence-corrected chi connectivity index (χ0v) is 21.4. The molecular formula is C17H29NO18S2. The molecule has 0 aromatic rings. The minimum atomic E-state index is -5.26. The minimum absolute atomic E-state index is 0.115. The van der Waals surface area contributed by atoms with Gasteiger partial charge in [-0.15, -0.1) is 0 Å². The highest BCUT2D eigenvalue weighted by Crippen LogP contribution is 2.32. The lowest BCUT2D eigenvalue weighted by molar-refractivity contribution is -0.337. The first-order valence-electron chi connectivity index (χ1n) is 10.8.